The molecule has 2 N–H and O–H groups in total. The largest absolute Gasteiger partial charge is 0.489 e. The van der Waals surface area contributed by atoms with E-state index in [4.69, 9.17) is 4.74 Å². The van der Waals surface area contributed by atoms with Gasteiger partial charge in [-0.1, -0.05) is 36.4 Å². The molecule has 0 unspecified atom stereocenters. The van der Waals surface area contributed by atoms with E-state index in [9.17, 15) is 19.7 Å². The van der Waals surface area contributed by atoms with Gasteiger partial charge in [-0.15, -0.1) is 0 Å². The molecule has 3 aromatic rings. The number of non-ortho nitro benzene ring substituents is 1. The Morgan fingerprint density at radius 2 is 1.71 bits per heavy atom. The fourth-order valence-corrected chi connectivity index (χ4v) is 2.73. The second-order valence-corrected chi connectivity index (χ2v) is 6.79. The number of hydrogen-bond acceptors (Lipinski definition) is 5. The summed E-state index contributed by atoms with van der Waals surface area (Å²) in [5.41, 5.74) is 1.51. The molecular weight excluding hydrogens is 398 g/mol. The monoisotopic (exact) mass is 419 g/mol. The second-order valence-electron chi connectivity index (χ2n) is 6.79. The van der Waals surface area contributed by atoms with Gasteiger partial charge in [0.1, 0.15) is 18.4 Å². The van der Waals surface area contributed by atoms with Gasteiger partial charge in [0.15, 0.2) is 0 Å². The molecule has 1 atom stereocenters. The van der Waals surface area contributed by atoms with E-state index < -0.39 is 22.8 Å². The van der Waals surface area contributed by atoms with Crippen LogP contribution in [0.3, 0.4) is 0 Å². The molecule has 8 heteroatoms. The minimum absolute atomic E-state index is 0.105. The van der Waals surface area contributed by atoms with E-state index in [1.807, 2.05) is 30.3 Å². The lowest BCUT2D eigenvalue weighted by Crippen LogP contribution is -2.41. The highest BCUT2D eigenvalue weighted by Crippen LogP contribution is 2.17. The summed E-state index contributed by atoms with van der Waals surface area (Å²) in [7, 11) is 0. The Kier molecular flexibility index (Phi) is 6.95. The van der Waals surface area contributed by atoms with Crippen molar-refractivity contribution in [1.29, 1.82) is 0 Å². The molecule has 158 valence electrons. The van der Waals surface area contributed by atoms with Crippen LogP contribution in [0.25, 0.3) is 0 Å². The maximum Gasteiger partial charge on any atom is 0.270 e. The van der Waals surface area contributed by atoms with E-state index in [0.717, 1.165) is 11.6 Å². The van der Waals surface area contributed by atoms with Crippen LogP contribution < -0.4 is 15.4 Å². The second kappa shape index (κ2) is 10.0. The molecule has 2 amide bonds. The molecule has 0 saturated heterocycles. The standard InChI is InChI=1S/C23H21N3O5/c1-16(24-23(28)18-8-5-9-20(14-18)26(29)30)22(27)25-19-10-12-21(13-11-19)31-15-17-6-3-2-4-7-17/h2-14,16H,15H2,1H3,(H,24,28)(H,25,27)/t16-/m0/s1. The first-order chi connectivity index (χ1) is 14.9. The lowest BCUT2D eigenvalue weighted by atomic mass is 10.1. The van der Waals surface area contributed by atoms with Crippen LogP contribution in [0.15, 0.2) is 78.9 Å². The first-order valence-electron chi connectivity index (χ1n) is 9.55. The number of nitrogens with zero attached hydrogens (tertiary/aromatic N) is 1. The van der Waals surface area contributed by atoms with E-state index in [0.29, 0.717) is 18.0 Å². The van der Waals surface area contributed by atoms with Crippen LogP contribution in [0.5, 0.6) is 5.75 Å². The van der Waals surface area contributed by atoms with Gasteiger partial charge in [0.25, 0.3) is 11.6 Å². The van der Waals surface area contributed by atoms with Gasteiger partial charge < -0.3 is 15.4 Å². The Bertz CT molecular complexity index is 1070. The normalized spacial score (nSPS) is 11.3. The number of rotatable bonds is 8. The average molecular weight is 419 g/mol. The summed E-state index contributed by atoms with van der Waals surface area (Å²) in [4.78, 5) is 34.9. The molecule has 0 spiro atoms. The Morgan fingerprint density at radius 1 is 1.00 bits per heavy atom. The molecule has 0 aliphatic rings. The van der Waals surface area contributed by atoms with Gasteiger partial charge >= 0.3 is 0 Å². The number of hydrogen-bond donors (Lipinski definition) is 2. The summed E-state index contributed by atoms with van der Waals surface area (Å²) in [5.74, 6) is -0.332. The van der Waals surface area contributed by atoms with Gasteiger partial charge in [-0.05, 0) is 42.8 Å². The first-order valence-corrected chi connectivity index (χ1v) is 9.55. The van der Waals surface area contributed by atoms with Gasteiger partial charge in [-0.2, -0.15) is 0 Å². The van der Waals surface area contributed by atoms with Crippen LogP contribution in [-0.4, -0.2) is 22.8 Å². The summed E-state index contributed by atoms with van der Waals surface area (Å²) in [6, 6.07) is 21.1. The van der Waals surface area contributed by atoms with Crippen LogP contribution in [0.1, 0.15) is 22.8 Å². The van der Waals surface area contributed by atoms with Gasteiger partial charge in [0.2, 0.25) is 5.91 Å². The molecule has 0 heterocycles. The maximum absolute atomic E-state index is 12.4. The number of benzene rings is 3. The third-order valence-electron chi connectivity index (χ3n) is 4.43. The highest BCUT2D eigenvalue weighted by molar-refractivity contribution is 6.01. The average Bonchev–Trinajstić information content (AvgIpc) is 2.79. The lowest BCUT2D eigenvalue weighted by Gasteiger charge is -2.14. The summed E-state index contributed by atoms with van der Waals surface area (Å²) < 4.78 is 5.71. The molecular formula is C23H21N3O5. The zero-order chi connectivity index (χ0) is 22.2. The van der Waals surface area contributed by atoms with Crippen molar-refractivity contribution in [2.45, 2.75) is 19.6 Å². The number of carbonyl (C=O) groups excluding carboxylic acids is 2. The van der Waals surface area contributed by atoms with Crippen LogP contribution in [-0.2, 0) is 11.4 Å². The van der Waals surface area contributed by atoms with Crippen molar-refractivity contribution >= 4 is 23.2 Å². The van der Waals surface area contributed by atoms with Gasteiger partial charge in [-0.25, -0.2) is 0 Å². The van der Waals surface area contributed by atoms with Gasteiger partial charge in [0, 0.05) is 23.4 Å². The minimum Gasteiger partial charge on any atom is -0.489 e. The predicted molar refractivity (Wildman–Crippen MR) is 116 cm³/mol. The van der Waals surface area contributed by atoms with Crippen molar-refractivity contribution in [3.05, 3.63) is 100 Å². The smallest absolute Gasteiger partial charge is 0.270 e. The third-order valence-corrected chi connectivity index (χ3v) is 4.43. The van der Waals surface area contributed by atoms with Crippen molar-refractivity contribution < 1.29 is 19.2 Å². The van der Waals surface area contributed by atoms with E-state index >= 15 is 0 Å². The molecule has 0 saturated carbocycles. The fraction of sp³-hybridized carbons (Fsp3) is 0.130. The molecule has 0 bridgehead atoms. The highest BCUT2D eigenvalue weighted by atomic mass is 16.6. The van der Waals surface area contributed by atoms with E-state index in [2.05, 4.69) is 10.6 Å². The quantitative estimate of drug-likeness (QED) is 0.425. The molecule has 0 aromatic heterocycles. The number of carbonyl (C=O) groups is 2. The van der Waals surface area contributed by atoms with Crippen molar-refractivity contribution in [2.24, 2.45) is 0 Å². The fourth-order valence-electron chi connectivity index (χ4n) is 2.73. The summed E-state index contributed by atoms with van der Waals surface area (Å²) >= 11 is 0. The molecule has 31 heavy (non-hydrogen) atoms. The molecule has 0 fully saturated rings. The Balaban J connectivity index is 1.52. The molecule has 0 radical (unpaired) electrons. The number of nitrogens with one attached hydrogen (secondary N) is 2. The van der Waals surface area contributed by atoms with Crippen LogP contribution in [0.4, 0.5) is 11.4 Å². The van der Waals surface area contributed by atoms with E-state index in [1.165, 1.54) is 25.1 Å². The zero-order valence-electron chi connectivity index (χ0n) is 16.8. The molecule has 0 aliphatic heterocycles. The minimum atomic E-state index is -0.847. The summed E-state index contributed by atoms with van der Waals surface area (Å²) in [5, 5.41) is 16.1. The van der Waals surface area contributed by atoms with Crippen molar-refractivity contribution in [1.82, 2.24) is 5.32 Å². The highest BCUT2D eigenvalue weighted by Gasteiger charge is 2.18. The molecule has 8 nitrogen and oxygen atoms in total. The number of anilines is 1. The Morgan fingerprint density at radius 3 is 2.39 bits per heavy atom. The molecule has 3 aromatic carbocycles. The lowest BCUT2D eigenvalue weighted by molar-refractivity contribution is -0.384. The number of amides is 2. The van der Waals surface area contributed by atoms with Gasteiger partial charge in [-0.3, -0.25) is 19.7 Å². The van der Waals surface area contributed by atoms with Gasteiger partial charge in [0.05, 0.1) is 4.92 Å². The van der Waals surface area contributed by atoms with E-state index in [1.54, 1.807) is 24.3 Å². The van der Waals surface area contributed by atoms with Crippen molar-refractivity contribution in [3.63, 3.8) is 0 Å². The van der Waals surface area contributed by atoms with Crippen LogP contribution in [0.2, 0.25) is 0 Å². The Labute approximate surface area is 179 Å². The topological polar surface area (TPSA) is 111 Å². The molecule has 0 aliphatic carbocycles. The summed E-state index contributed by atoms with van der Waals surface area (Å²) in [6.45, 7) is 1.97. The SMILES string of the molecule is C[C@H](NC(=O)c1cccc([N+](=O)[O-])c1)C(=O)Nc1ccc(OCc2ccccc2)cc1. The Hall–Kier alpha value is -4.20. The first kappa shape index (κ1) is 21.5. The van der Waals surface area contributed by atoms with E-state index in [-0.39, 0.29) is 11.3 Å². The van der Waals surface area contributed by atoms with Crippen LogP contribution in [0, 0.1) is 10.1 Å². The third kappa shape index (κ3) is 6.14. The zero-order valence-corrected chi connectivity index (χ0v) is 16.8. The van der Waals surface area contributed by atoms with Crippen molar-refractivity contribution in [3.8, 4) is 5.75 Å². The number of nitro benzene ring substituents is 1. The van der Waals surface area contributed by atoms with Crippen LogP contribution >= 0.6 is 0 Å². The maximum atomic E-state index is 12.4. The number of nitro groups is 1. The number of ether oxygens (including phenoxy) is 1. The molecule has 3 rings (SSSR count). The van der Waals surface area contributed by atoms with Crippen molar-refractivity contribution in [2.75, 3.05) is 5.32 Å². The predicted octanol–water partition coefficient (Wildman–Crippen LogP) is 3.93. The summed E-state index contributed by atoms with van der Waals surface area (Å²) in [6.07, 6.45) is 0.